The van der Waals surface area contributed by atoms with Gasteiger partial charge in [0, 0.05) is 24.3 Å². The third-order valence-corrected chi connectivity index (χ3v) is 4.77. The molecule has 0 radical (unpaired) electrons. The van der Waals surface area contributed by atoms with Gasteiger partial charge in [-0.2, -0.15) is 4.98 Å². The van der Waals surface area contributed by atoms with Crippen molar-refractivity contribution in [2.45, 2.75) is 25.3 Å². The fraction of sp³-hybridized carbons (Fsp3) is 0.235. The fourth-order valence-electron chi connectivity index (χ4n) is 2.31. The molecule has 0 aliphatic heterocycles. The van der Waals surface area contributed by atoms with E-state index in [-0.39, 0.29) is 4.90 Å². The number of hydrogen-bond donors (Lipinski definition) is 1. The van der Waals surface area contributed by atoms with Crippen molar-refractivity contribution in [1.29, 1.82) is 0 Å². The molecule has 0 aliphatic rings. The normalized spacial score (nSPS) is 11.5. The molecule has 0 fully saturated rings. The molecule has 0 amide bonds. The summed E-state index contributed by atoms with van der Waals surface area (Å²) < 4.78 is 28.6. The minimum Gasteiger partial charge on any atom is -0.377 e. The van der Waals surface area contributed by atoms with Crippen LogP contribution in [0.1, 0.15) is 17.0 Å². The zero-order valence-electron chi connectivity index (χ0n) is 14.1. The molecule has 0 atom stereocenters. The van der Waals surface area contributed by atoms with Gasteiger partial charge in [-0.15, -0.1) is 0 Å². The molecule has 7 nitrogen and oxygen atoms in total. The lowest BCUT2D eigenvalue weighted by atomic mass is 10.2. The summed E-state index contributed by atoms with van der Waals surface area (Å²) in [5.41, 5.74) is 3.41. The number of aryl methyl sites for hydroxylation is 2. The van der Waals surface area contributed by atoms with Crippen LogP contribution in [0, 0.1) is 13.8 Å². The molecular weight excluding hydrogens is 340 g/mol. The summed E-state index contributed by atoms with van der Waals surface area (Å²) >= 11 is 0. The van der Waals surface area contributed by atoms with Crippen molar-refractivity contribution in [3.8, 4) is 11.5 Å². The number of sulfone groups is 1. The van der Waals surface area contributed by atoms with Gasteiger partial charge in [-0.25, -0.2) is 8.42 Å². The van der Waals surface area contributed by atoms with E-state index in [1.165, 1.54) is 6.26 Å². The number of benzene rings is 1. The van der Waals surface area contributed by atoms with E-state index in [0.29, 0.717) is 23.9 Å². The van der Waals surface area contributed by atoms with Crippen LogP contribution in [0.4, 0.5) is 5.69 Å². The zero-order valence-corrected chi connectivity index (χ0v) is 15.0. The van der Waals surface area contributed by atoms with E-state index < -0.39 is 9.84 Å². The van der Waals surface area contributed by atoms with Gasteiger partial charge in [-0.05, 0) is 43.2 Å². The number of nitrogens with zero attached hydrogens (tertiary/aromatic N) is 3. The highest BCUT2D eigenvalue weighted by Crippen LogP contribution is 2.21. The zero-order chi connectivity index (χ0) is 18.0. The van der Waals surface area contributed by atoms with E-state index in [1.54, 1.807) is 30.6 Å². The number of nitrogens with one attached hydrogen (secondary N) is 1. The van der Waals surface area contributed by atoms with Crippen molar-refractivity contribution in [1.82, 2.24) is 15.1 Å². The lowest BCUT2D eigenvalue weighted by molar-refractivity contribution is 0.423. The van der Waals surface area contributed by atoms with Crippen molar-refractivity contribution < 1.29 is 12.9 Å². The molecular formula is C17H18N4O3S. The first-order valence-electron chi connectivity index (χ1n) is 7.62. The molecule has 0 saturated heterocycles. The largest absolute Gasteiger partial charge is 0.377 e. The van der Waals surface area contributed by atoms with Crippen LogP contribution < -0.4 is 5.32 Å². The van der Waals surface area contributed by atoms with Crippen LogP contribution in [-0.2, 0) is 16.4 Å². The molecule has 1 N–H and O–H groups in total. The van der Waals surface area contributed by atoms with E-state index in [1.807, 2.05) is 19.9 Å². The molecule has 8 heteroatoms. The first-order chi connectivity index (χ1) is 11.8. The topological polar surface area (TPSA) is 98.0 Å². The van der Waals surface area contributed by atoms with Gasteiger partial charge in [0.1, 0.15) is 0 Å². The van der Waals surface area contributed by atoms with Crippen LogP contribution >= 0.6 is 0 Å². The summed E-state index contributed by atoms with van der Waals surface area (Å²) in [6.45, 7) is 4.15. The first kappa shape index (κ1) is 17.1. The number of rotatable bonds is 5. The third kappa shape index (κ3) is 4.03. The highest BCUT2D eigenvalue weighted by Gasteiger charge is 2.12. The van der Waals surface area contributed by atoms with Crippen LogP contribution in [0.2, 0.25) is 0 Å². The van der Waals surface area contributed by atoms with Gasteiger partial charge in [0.25, 0.3) is 5.89 Å². The second kappa shape index (κ2) is 6.64. The number of anilines is 1. The first-order valence-corrected chi connectivity index (χ1v) is 9.51. The van der Waals surface area contributed by atoms with Crippen molar-refractivity contribution in [2.75, 3.05) is 11.6 Å². The maximum absolute atomic E-state index is 11.7. The lowest BCUT2D eigenvalue weighted by Gasteiger charge is -2.09. The SMILES string of the molecule is Cc1cncc(-c2nc(CNc3cc(S(C)(=O)=O)ccc3C)no2)c1. The molecule has 1 aromatic carbocycles. The van der Waals surface area contributed by atoms with Gasteiger partial charge in [-0.1, -0.05) is 11.2 Å². The molecule has 0 unspecified atom stereocenters. The Morgan fingerprint density at radius 2 is 1.96 bits per heavy atom. The summed E-state index contributed by atoms with van der Waals surface area (Å²) in [6.07, 6.45) is 4.60. The minimum absolute atomic E-state index is 0.264. The molecule has 3 rings (SSSR count). The number of hydrogen-bond acceptors (Lipinski definition) is 7. The maximum Gasteiger partial charge on any atom is 0.259 e. The van der Waals surface area contributed by atoms with Gasteiger partial charge in [-0.3, -0.25) is 4.98 Å². The molecule has 0 aliphatic carbocycles. The predicted octanol–water partition coefficient (Wildman–Crippen LogP) is 2.76. The molecule has 130 valence electrons. The molecule has 2 aromatic heterocycles. The second-order valence-corrected chi connectivity index (χ2v) is 7.88. The van der Waals surface area contributed by atoms with Gasteiger partial charge < -0.3 is 9.84 Å². The van der Waals surface area contributed by atoms with Crippen LogP contribution in [0.5, 0.6) is 0 Å². The van der Waals surface area contributed by atoms with Crippen LogP contribution in [-0.4, -0.2) is 29.8 Å². The lowest BCUT2D eigenvalue weighted by Crippen LogP contribution is -2.05. The Morgan fingerprint density at radius 3 is 2.68 bits per heavy atom. The van der Waals surface area contributed by atoms with Crippen LogP contribution in [0.3, 0.4) is 0 Å². The monoisotopic (exact) mass is 358 g/mol. The maximum atomic E-state index is 11.7. The van der Waals surface area contributed by atoms with Gasteiger partial charge in [0.05, 0.1) is 17.0 Å². The Bertz CT molecular complexity index is 1010. The Labute approximate surface area is 146 Å². The van der Waals surface area contributed by atoms with Crippen LogP contribution in [0.25, 0.3) is 11.5 Å². The Kier molecular flexibility index (Phi) is 4.54. The molecule has 0 saturated carbocycles. The molecule has 2 heterocycles. The second-order valence-electron chi connectivity index (χ2n) is 5.87. The van der Waals surface area contributed by atoms with Gasteiger partial charge in [0.15, 0.2) is 15.7 Å². The van der Waals surface area contributed by atoms with E-state index in [9.17, 15) is 8.42 Å². The van der Waals surface area contributed by atoms with Crippen molar-refractivity contribution >= 4 is 15.5 Å². The van der Waals surface area contributed by atoms with Crippen molar-refractivity contribution in [3.05, 3.63) is 53.6 Å². The highest BCUT2D eigenvalue weighted by atomic mass is 32.2. The van der Waals surface area contributed by atoms with Crippen LogP contribution in [0.15, 0.2) is 46.1 Å². The van der Waals surface area contributed by atoms with E-state index in [2.05, 4.69) is 20.4 Å². The number of pyridine rings is 1. The van der Waals surface area contributed by atoms with Crippen molar-refractivity contribution in [2.24, 2.45) is 0 Å². The highest BCUT2D eigenvalue weighted by molar-refractivity contribution is 7.90. The summed E-state index contributed by atoms with van der Waals surface area (Å²) in [5.74, 6) is 0.871. The smallest absolute Gasteiger partial charge is 0.259 e. The van der Waals surface area contributed by atoms with E-state index >= 15 is 0 Å². The molecule has 3 aromatic rings. The minimum atomic E-state index is -3.26. The summed E-state index contributed by atoms with van der Waals surface area (Å²) in [4.78, 5) is 8.71. The molecule has 25 heavy (non-hydrogen) atoms. The molecule has 0 spiro atoms. The summed E-state index contributed by atoms with van der Waals surface area (Å²) in [7, 11) is -3.26. The Morgan fingerprint density at radius 1 is 1.16 bits per heavy atom. The third-order valence-electron chi connectivity index (χ3n) is 3.66. The quantitative estimate of drug-likeness (QED) is 0.749. The van der Waals surface area contributed by atoms with Gasteiger partial charge in [0.2, 0.25) is 0 Å². The summed E-state index contributed by atoms with van der Waals surface area (Å²) in [5, 5.41) is 7.10. The average molecular weight is 358 g/mol. The standard InChI is InChI=1S/C17H18N4O3S/c1-11-6-13(9-18-8-11)17-20-16(21-24-17)10-19-15-7-14(25(3,22)23)5-4-12(15)2/h4-9,19H,10H2,1-3H3. The van der Waals surface area contributed by atoms with Gasteiger partial charge >= 0.3 is 0 Å². The Hall–Kier alpha value is -2.74. The van der Waals surface area contributed by atoms with E-state index in [0.717, 1.165) is 16.7 Å². The van der Waals surface area contributed by atoms with E-state index in [4.69, 9.17) is 4.52 Å². The fourth-order valence-corrected chi connectivity index (χ4v) is 2.96. The average Bonchev–Trinajstić information content (AvgIpc) is 3.02. The Balaban J connectivity index is 1.77. The molecule has 0 bridgehead atoms. The predicted molar refractivity (Wildman–Crippen MR) is 93.9 cm³/mol. The van der Waals surface area contributed by atoms with Crippen molar-refractivity contribution in [3.63, 3.8) is 0 Å². The number of aromatic nitrogens is 3. The summed E-state index contributed by atoms with van der Waals surface area (Å²) in [6, 6.07) is 6.87.